The Labute approximate surface area is 151 Å². The van der Waals surface area contributed by atoms with Crippen LogP contribution in [-0.4, -0.2) is 0 Å². The summed E-state index contributed by atoms with van der Waals surface area (Å²) in [4.78, 5) is 0. The molecule has 0 saturated heterocycles. The van der Waals surface area contributed by atoms with E-state index in [9.17, 15) is 13.2 Å². The fraction of sp³-hybridized carbons (Fsp3) is 0.217. The van der Waals surface area contributed by atoms with Crippen LogP contribution in [0.5, 0.6) is 0 Å². The number of halogens is 3. The van der Waals surface area contributed by atoms with Gasteiger partial charge in [-0.15, -0.1) is 0 Å². The molecule has 4 rings (SSSR count). The van der Waals surface area contributed by atoms with E-state index >= 15 is 0 Å². The van der Waals surface area contributed by atoms with Crippen molar-refractivity contribution in [3.8, 4) is 22.3 Å². The van der Waals surface area contributed by atoms with E-state index in [1.165, 1.54) is 22.3 Å². The van der Waals surface area contributed by atoms with Gasteiger partial charge >= 0.3 is 0 Å². The lowest BCUT2D eigenvalue weighted by Gasteiger charge is -2.21. The van der Waals surface area contributed by atoms with Gasteiger partial charge in [-0.2, -0.15) is 0 Å². The average molecular weight is 352 g/mol. The fourth-order valence-electron chi connectivity index (χ4n) is 3.80. The molecule has 0 spiro atoms. The van der Waals surface area contributed by atoms with Gasteiger partial charge in [0.1, 0.15) is 0 Å². The molecule has 0 unspecified atom stereocenters. The van der Waals surface area contributed by atoms with Crippen molar-refractivity contribution in [3.05, 3.63) is 82.7 Å². The molecule has 0 fully saturated rings. The zero-order valence-electron chi connectivity index (χ0n) is 14.6. The molecular formula is C23H19F3. The highest BCUT2D eigenvalue weighted by molar-refractivity contribution is 5.77. The molecule has 0 aromatic heterocycles. The SMILES string of the molecule is CCCc1ccc2c(c1)CCc1cc(-c3cc(F)c(F)c(F)c3)ccc1-2. The van der Waals surface area contributed by atoms with Crippen LogP contribution < -0.4 is 0 Å². The zero-order chi connectivity index (χ0) is 18.3. The summed E-state index contributed by atoms with van der Waals surface area (Å²) in [5.74, 6) is -3.75. The molecule has 1 aliphatic rings. The van der Waals surface area contributed by atoms with Crippen LogP contribution in [0.3, 0.4) is 0 Å². The van der Waals surface area contributed by atoms with Gasteiger partial charge in [0.05, 0.1) is 0 Å². The Morgan fingerprint density at radius 1 is 0.731 bits per heavy atom. The largest absolute Gasteiger partial charge is 0.204 e. The quantitative estimate of drug-likeness (QED) is 0.473. The van der Waals surface area contributed by atoms with E-state index in [0.717, 1.165) is 43.4 Å². The van der Waals surface area contributed by atoms with Crippen LogP contribution in [0, 0.1) is 17.5 Å². The van der Waals surface area contributed by atoms with Crippen LogP contribution in [-0.2, 0) is 19.3 Å². The fourth-order valence-corrected chi connectivity index (χ4v) is 3.80. The summed E-state index contributed by atoms with van der Waals surface area (Å²) in [6.45, 7) is 2.18. The second kappa shape index (κ2) is 6.64. The van der Waals surface area contributed by atoms with Gasteiger partial charge in [-0.25, -0.2) is 13.2 Å². The van der Waals surface area contributed by atoms with Gasteiger partial charge in [-0.1, -0.05) is 49.7 Å². The summed E-state index contributed by atoms with van der Waals surface area (Å²) in [7, 11) is 0. The lowest BCUT2D eigenvalue weighted by molar-refractivity contribution is 0.447. The summed E-state index contributed by atoms with van der Waals surface area (Å²) in [5, 5.41) is 0. The second-order valence-corrected chi connectivity index (χ2v) is 6.87. The predicted molar refractivity (Wildman–Crippen MR) is 98.6 cm³/mol. The molecule has 132 valence electrons. The van der Waals surface area contributed by atoms with E-state index in [1.807, 2.05) is 18.2 Å². The Hall–Kier alpha value is -2.55. The second-order valence-electron chi connectivity index (χ2n) is 6.87. The highest BCUT2D eigenvalue weighted by Crippen LogP contribution is 2.37. The van der Waals surface area contributed by atoms with Crippen molar-refractivity contribution in [1.29, 1.82) is 0 Å². The van der Waals surface area contributed by atoms with Gasteiger partial charge in [0.25, 0.3) is 0 Å². The summed E-state index contributed by atoms with van der Waals surface area (Å²) in [6, 6.07) is 14.6. The summed E-state index contributed by atoms with van der Waals surface area (Å²) >= 11 is 0. The Kier molecular flexibility index (Phi) is 4.31. The number of hydrogen-bond donors (Lipinski definition) is 0. The van der Waals surface area contributed by atoms with Crippen molar-refractivity contribution in [1.82, 2.24) is 0 Å². The molecule has 0 heterocycles. The van der Waals surface area contributed by atoms with Crippen LogP contribution in [0.15, 0.2) is 48.5 Å². The molecule has 3 aromatic rings. The summed E-state index contributed by atoms with van der Waals surface area (Å²) in [6.07, 6.45) is 4.05. The van der Waals surface area contributed by atoms with Crippen LogP contribution in [0.25, 0.3) is 22.3 Å². The highest BCUT2D eigenvalue weighted by Gasteiger charge is 2.18. The molecule has 0 nitrogen and oxygen atoms in total. The molecular weight excluding hydrogens is 333 g/mol. The van der Waals surface area contributed by atoms with Gasteiger partial charge in [0.2, 0.25) is 0 Å². The van der Waals surface area contributed by atoms with Crippen molar-refractivity contribution in [3.63, 3.8) is 0 Å². The Balaban J connectivity index is 1.75. The molecule has 3 heteroatoms. The molecule has 0 saturated carbocycles. The maximum atomic E-state index is 13.5. The van der Waals surface area contributed by atoms with Crippen molar-refractivity contribution < 1.29 is 13.2 Å². The first kappa shape index (κ1) is 16.9. The predicted octanol–water partition coefficient (Wildman–Crippen LogP) is 6.49. The first-order valence-electron chi connectivity index (χ1n) is 8.97. The maximum Gasteiger partial charge on any atom is 0.194 e. The van der Waals surface area contributed by atoms with Gasteiger partial charge in [-0.05, 0) is 70.3 Å². The first-order valence-corrected chi connectivity index (χ1v) is 8.97. The van der Waals surface area contributed by atoms with Gasteiger partial charge < -0.3 is 0 Å². The number of benzene rings is 3. The molecule has 0 aliphatic heterocycles. The minimum atomic E-state index is -1.43. The van der Waals surface area contributed by atoms with E-state index in [0.29, 0.717) is 11.1 Å². The zero-order valence-corrected chi connectivity index (χ0v) is 14.6. The van der Waals surface area contributed by atoms with E-state index in [1.54, 1.807) is 0 Å². The minimum absolute atomic E-state index is 0.355. The Morgan fingerprint density at radius 3 is 2.00 bits per heavy atom. The van der Waals surface area contributed by atoms with Crippen LogP contribution in [0.2, 0.25) is 0 Å². The normalized spacial score (nSPS) is 12.6. The number of fused-ring (bicyclic) bond motifs is 3. The summed E-state index contributed by atoms with van der Waals surface area (Å²) < 4.78 is 40.3. The van der Waals surface area contributed by atoms with Gasteiger partial charge in [0, 0.05) is 0 Å². The van der Waals surface area contributed by atoms with E-state index < -0.39 is 17.5 Å². The maximum absolute atomic E-state index is 13.5. The van der Waals surface area contributed by atoms with Gasteiger partial charge in [0.15, 0.2) is 17.5 Å². The van der Waals surface area contributed by atoms with Crippen molar-refractivity contribution >= 4 is 0 Å². The molecule has 0 amide bonds. The van der Waals surface area contributed by atoms with Crippen LogP contribution in [0.4, 0.5) is 13.2 Å². The lowest BCUT2D eigenvalue weighted by Crippen LogP contribution is -2.05. The monoisotopic (exact) mass is 352 g/mol. The third kappa shape index (κ3) is 2.92. The third-order valence-corrected chi connectivity index (χ3v) is 5.08. The minimum Gasteiger partial charge on any atom is -0.204 e. The smallest absolute Gasteiger partial charge is 0.194 e. The molecule has 0 N–H and O–H groups in total. The third-order valence-electron chi connectivity index (χ3n) is 5.08. The standard InChI is InChI=1S/C23H19F3/c1-2-3-14-4-8-19-16(10-14)5-6-17-11-15(7-9-20(17)19)18-12-21(24)23(26)22(25)13-18/h4,7-13H,2-3,5-6H2,1H3. The number of aryl methyl sites for hydroxylation is 3. The van der Waals surface area contributed by atoms with Crippen molar-refractivity contribution in [2.24, 2.45) is 0 Å². The Bertz CT molecular complexity index is 966. The number of hydrogen-bond acceptors (Lipinski definition) is 0. The molecule has 0 radical (unpaired) electrons. The van der Waals surface area contributed by atoms with E-state index in [-0.39, 0.29) is 0 Å². The van der Waals surface area contributed by atoms with Crippen LogP contribution >= 0.6 is 0 Å². The van der Waals surface area contributed by atoms with Crippen LogP contribution in [0.1, 0.15) is 30.0 Å². The molecule has 3 aromatic carbocycles. The summed E-state index contributed by atoms with van der Waals surface area (Å²) in [5.41, 5.74) is 7.33. The highest BCUT2D eigenvalue weighted by atomic mass is 19.2. The van der Waals surface area contributed by atoms with Crippen molar-refractivity contribution in [2.45, 2.75) is 32.6 Å². The molecule has 0 atom stereocenters. The first-order chi connectivity index (χ1) is 12.6. The molecule has 26 heavy (non-hydrogen) atoms. The number of rotatable bonds is 3. The topological polar surface area (TPSA) is 0 Å². The van der Waals surface area contributed by atoms with Crippen molar-refractivity contribution in [2.75, 3.05) is 0 Å². The van der Waals surface area contributed by atoms with Gasteiger partial charge in [-0.3, -0.25) is 0 Å². The average Bonchev–Trinajstić information content (AvgIpc) is 2.65. The molecule has 0 bridgehead atoms. The van der Waals surface area contributed by atoms with E-state index in [2.05, 4.69) is 25.1 Å². The lowest BCUT2D eigenvalue weighted by atomic mass is 9.83. The molecule has 1 aliphatic carbocycles. The van der Waals surface area contributed by atoms with E-state index in [4.69, 9.17) is 0 Å². The Morgan fingerprint density at radius 2 is 1.35 bits per heavy atom.